The number of benzene rings is 2. The van der Waals surface area contributed by atoms with Crippen LogP contribution in [0.3, 0.4) is 0 Å². The van der Waals surface area contributed by atoms with Crippen LogP contribution in [-0.2, 0) is 10.0 Å². The molecule has 1 fully saturated rings. The summed E-state index contributed by atoms with van der Waals surface area (Å²) in [7, 11) is 0.273. The van der Waals surface area contributed by atoms with Gasteiger partial charge in [-0.3, -0.25) is 0 Å². The molecule has 0 spiro atoms. The van der Waals surface area contributed by atoms with Crippen LogP contribution in [0.15, 0.2) is 60.7 Å². The van der Waals surface area contributed by atoms with Gasteiger partial charge in [0.2, 0.25) is 10.0 Å². The van der Waals surface area contributed by atoms with Gasteiger partial charge in [0.1, 0.15) is 0 Å². The molecule has 0 bridgehead atoms. The van der Waals surface area contributed by atoms with Crippen LogP contribution >= 0.6 is 0 Å². The largest absolute Gasteiger partial charge is 0.311 e. The Bertz CT molecular complexity index is 789. The van der Waals surface area contributed by atoms with Gasteiger partial charge in [0.15, 0.2) is 0 Å². The Morgan fingerprint density at radius 2 is 1.54 bits per heavy atom. The molecule has 1 aliphatic carbocycles. The first-order chi connectivity index (χ1) is 12.5. The SMILES string of the molecule is CNC(c1ccccc1)C(c1ccccc1)N(C)S(=O)(=O)CC1CCC1. The minimum Gasteiger partial charge on any atom is -0.311 e. The number of likely N-dealkylation sites (N-methyl/N-ethyl adjacent to an activating group) is 2. The molecular formula is C21H28N2O2S. The van der Waals surface area contributed by atoms with E-state index in [1.54, 1.807) is 11.4 Å². The summed E-state index contributed by atoms with van der Waals surface area (Å²) in [5.41, 5.74) is 2.07. The van der Waals surface area contributed by atoms with E-state index in [4.69, 9.17) is 0 Å². The summed E-state index contributed by atoms with van der Waals surface area (Å²) >= 11 is 0. The molecule has 2 atom stereocenters. The van der Waals surface area contributed by atoms with Gasteiger partial charge in [-0.1, -0.05) is 67.1 Å². The Morgan fingerprint density at radius 3 is 2.00 bits per heavy atom. The van der Waals surface area contributed by atoms with Crippen LogP contribution in [0.25, 0.3) is 0 Å². The van der Waals surface area contributed by atoms with Gasteiger partial charge >= 0.3 is 0 Å². The maximum absolute atomic E-state index is 13.1. The molecule has 3 rings (SSSR count). The molecule has 4 nitrogen and oxygen atoms in total. The lowest BCUT2D eigenvalue weighted by Crippen LogP contribution is -2.41. The number of hydrogen-bond acceptors (Lipinski definition) is 3. The monoisotopic (exact) mass is 372 g/mol. The van der Waals surface area contributed by atoms with Gasteiger partial charge in [-0.2, -0.15) is 4.31 Å². The van der Waals surface area contributed by atoms with E-state index in [1.165, 1.54) is 0 Å². The molecule has 26 heavy (non-hydrogen) atoms. The van der Waals surface area contributed by atoms with Crippen LogP contribution in [0.1, 0.15) is 42.5 Å². The van der Waals surface area contributed by atoms with Crippen molar-refractivity contribution in [2.75, 3.05) is 19.8 Å². The second-order valence-corrected chi connectivity index (χ2v) is 9.20. The van der Waals surface area contributed by atoms with E-state index >= 15 is 0 Å². The molecule has 1 N–H and O–H groups in total. The predicted molar refractivity (Wildman–Crippen MR) is 106 cm³/mol. The Kier molecular flexibility index (Phi) is 6.12. The van der Waals surface area contributed by atoms with Gasteiger partial charge < -0.3 is 5.32 Å². The molecule has 140 valence electrons. The van der Waals surface area contributed by atoms with Crippen molar-refractivity contribution in [1.82, 2.24) is 9.62 Å². The van der Waals surface area contributed by atoms with Crippen molar-refractivity contribution < 1.29 is 8.42 Å². The highest BCUT2D eigenvalue weighted by molar-refractivity contribution is 7.89. The van der Waals surface area contributed by atoms with Crippen molar-refractivity contribution in [3.63, 3.8) is 0 Å². The van der Waals surface area contributed by atoms with E-state index in [0.29, 0.717) is 5.92 Å². The highest BCUT2D eigenvalue weighted by Crippen LogP contribution is 2.36. The third-order valence-electron chi connectivity index (χ3n) is 5.43. The first kappa shape index (κ1) is 19.1. The Balaban J connectivity index is 1.97. The van der Waals surface area contributed by atoms with Crippen LogP contribution in [0.5, 0.6) is 0 Å². The van der Waals surface area contributed by atoms with Crippen LogP contribution in [0.4, 0.5) is 0 Å². The number of nitrogens with one attached hydrogen (secondary N) is 1. The van der Waals surface area contributed by atoms with Crippen molar-refractivity contribution in [2.24, 2.45) is 5.92 Å². The fraction of sp³-hybridized carbons (Fsp3) is 0.429. The van der Waals surface area contributed by atoms with Gasteiger partial charge in [-0.25, -0.2) is 8.42 Å². The molecule has 2 unspecified atom stereocenters. The summed E-state index contributed by atoms with van der Waals surface area (Å²) in [6.07, 6.45) is 3.20. The van der Waals surface area contributed by atoms with Crippen molar-refractivity contribution in [3.05, 3.63) is 71.8 Å². The summed E-state index contributed by atoms with van der Waals surface area (Å²) in [4.78, 5) is 0. The first-order valence-corrected chi connectivity index (χ1v) is 10.9. The molecule has 2 aromatic rings. The molecule has 0 radical (unpaired) electrons. The molecule has 0 heterocycles. The van der Waals surface area contributed by atoms with Gasteiger partial charge in [0, 0.05) is 7.05 Å². The molecule has 1 saturated carbocycles. The smallest absolute Gasteiger partial charge is 0.214 e. The number of hydrogen-bond donors (Lipinski definition) is 1. The Labute approximate surface area is 157 Å². The van der Waals surface area contributed by atoms with E-state index in [1.807, 2.05) is 67.7 Å². The second kappa shape index (κ2) is 8.33. The maximum atomic E-state index is 13.1. The highest BCUT2D eigenvalue weighted by Gasteiger charge is 2.36. The molecule has 0 amide bonds. The zero-order chi connectivity index (χ0) is 18.6. The third kappa shape index (κ3) is 4.17. The zero-order valence-electron chi connectivity index (χ0n) is 15.5. The second-order valence-electron chi connectivity index (χ2n) is 7.12. The average Bonchev–Trinajstić information content (AvgIpc) is 2.63. The topological polar surface area (TPSA) is 49.4 Å². The van der Waals surface area contributed by atoms with Crippen molar-refractivity contribution in [3.8, 4) is 0 Å². The minimum atomic E-state index is -3.34. The van der Waals surface area contributed by atoms with Crippen molar-refractivity contribution in [1.29, 1.82) is 0 Å². The zero-order valence-corrected chi connectivity index (χ0v) is 16.3. The number of rotatable bonds is 8. The first-order valence-electron chi connectivity index (χ1n) is 9.26. The summed E-state index contributed by atoms with van der Waals surface area (Å²) in [6.45, 7) is 0. The number of nitrogens with zero attached hydrogens (tertiary/aromatic N) is 1. The summed E-state index contributed by atoms with van der Waals surface area (Å²) in [6, 6.07) is 19.5. The van der Waals surface area contributed by atoms with Gasteiger partial charge in [-0.15, -0.1) is 0 Å². The lowest BCUT2D eigenvalue weighted by Gasteiger charge is -2.36. The maximum Gasteiger partial charge on any atom is 0.214 e. The lowest BCUT2D eigenvalue weighted by atomic mass is 9.87. The fourth-order valence-electron chi connectivity index (χ4n) is 3.68. The molecule has 0 aromatic heterocycles. The Morgan fingerprint density at radius 1 is 1.00 bits per heavy atom. The van der Waals surface area contributed by atoms with E-state index in [9.17, 15) is 8.42 Å². The van der Waals surface area contributed by atoms with E-state index < -0.39 is 10.0 Å². The summed E-state index contributed by atoms with van der Waals surface area (Å²) in [5, 5.41) is 3.35. The molecule has 1 aliphatic rings. The fourth-order valence-corrected chi connectivity index (χ4v) is 5.43. The minimum absolute atomic E-state index is 0.125. The normalized spacial score (nSPS) is 17.7. The molecule has 0 saturated heterocycles. The van der Waals surface area contributed by atoms with Crippen LogP contribution in [-0.4, -0.2) is 32.6 Å². The van der Waals surface area contributed by atoms with Crippen molar-refractivity contribution in [2.45, 2.75) is 31.3 Å². The van der Waals surface area contributed by atoms with Gasteiger partial charge in [-0.05, 0) is 36.9 Å². The standard InChI is InChI=1S/C21H28N2O2S/c1-22-20(18-12-5-3-6-13-18)21(19-14-7-4-8-15-19)23(2)26(24,25)16-17-10-9-11-17/h3-8,12-15,17,20-22H,9-11,16H2,1-2H3. The van der Waals surface area contributed by atoms with E-state index in [2.05, 4.69) is 5.32 Å². The third-order valence-corrected chi connectivity index (χ3v) is 7.43. The van der Waals surface area contributed by atoms with Crippen LogP contribution in [0, 0.1) is 5.92 Å². The van der Waals surface area contributed by atoms with Gasteiger partial charge in [0.05, 0.1) is 17.8 Å². The van der Waals surface area contributed by atoms with E-state index in [-0.39, 0.29) is 17.8 Å². The molecule has 2 aromatic carbocycles. The summed E-state index contributed by atoms with van der Waals surface area (Å²) < 4.78 is 27.8. The molecular weight excluding hydrogens is 344 g/mol. The van der Waals surface area contributed by atoms with Crippen LogP contribution in [0.2, 0.25) is 0 Å². The quantitative estimate of drug-likeness (QED) is 0.768. The number of sulfonamides is 1. The average molecular weight is 373 g/mol. The predicted octanol–water partition coefficient (Wildman–Crippen LogP) is 3.75. The lowest BCUT2D eigenvalue weighted by molar-refractivity contribution is 0.290. The van der Waals surface area contributed by atoms with Crippen LogP contribution < -0.4 is 5.32 Å². The molecule has 0 aliphatic heterocycles. The highest BCUT2D eigenvalue weighted by atomic mass is 32.2. The van der Waals surface area contributed by atoms with Gasteiger partial charge in [0.25, 0.3) is 0 Å². The van der Waals surface area contributed by atoms with Crippen molar-refractivity contribution >= 4 is 10.0 Å². The summed E-state index contributed by atoms with van der Waals surface area (Å²) in [5.74, 6) is 0.557. The molecule has 5 heteroatoms. The van der Waals surface area contributed by atoms with E-state index in [0.717, 1.165) is 30.4 Å². The Hall–Kier alpha value is -1.69.